The van der Waals surface area contributed by atoms with Crippen molar-refractivity contribution in [3.63, 3.8) is 0 Å². The van der Waals surface area contributed by atoms with E-state index >= 15 is 0 Å². The predicted molar refractivity (Wildman–Crippen MR) is 120 cm³/mol. The van der Waals surface area contributed by atoms with Crippen LogP contribution in [0.5, 0.6) is 0 Å². The van der Waals surface area contributed by atoms with E-state index in [4.69, 9.17) is 4.98 Å². The molecule has 0 aromatic carbocycles. The van der Waals surface area contributed by atoms with E-state index in [1.165, 1.54) is 11.3 Å². The highest BCUT2D eigenvalue weighted by atomic mass is 32.1. The molecule has 5 heterocycles. The fourth-order valence-electron chi connectivity index (χ4n) is 3.91. The van der Waals surface area contributed by atoms with Crippen LogP contribution in [0.15, 0.2) is 30.6 Å². The first-order chi connectivity index (χ1) is 14.5. The van der Waals surface area contributed by atoms with Gasteiger partial charge >= 0.3 is 0 Å². The van der Waals surface area contributed by atoms with Gasteiger partial charge in [-0.1, -0.05) is 0 Å². The molecule has 0 radical (unpaired) electrons. The number of fused-ring (bicyclic) bond motifs is 2. The van der Waals surface area contributed by atoms with Crippen molar-refractivity contribution in [2.75, 3.05) is 30.4 Å². The van der Waals surface area contributed by atoms with Gasteiger partial charge in [0.1, 0.15) is 16.5 Å². The number of pyridine rings is 1. The first-order valence-electron chi connectivity index (χ1n) is 9.97. The van der Waals surface area contributed by atoms with Crippen molar-refractivity contribution in [3.05, 3.63) is 46.9 Å². The Morgan fingerprint density at radius 1 is 1.20 bits per heavy atom. The highest BCUT2D eigenvalue weighted by Gasteiger charge is 2.22. The zero-order valence-electron chi connectivity index (χ0n) is 17.1. The number of rotatable bonds is 4. The Labute approximate surface area is 178 Å². The highest BCUT2D eigenvalue weighted by Crippen LogP contribution is 2.28. The van der Waals surface area contributed by atoms with E-state index in [-0.39, 0.29) is 5.91 Å². The average molecular weight is 422 g/mol. The first-order valence-corrected chi connectivity index (χ1v) is 10.8. The van der Waals surface area contributed by atoms with Gasteiger partial charge in [0.2, 0.25) is 0 Å². The molecule has 1 atom stereocenters. The SMILES string of the molecule is CNC1CCN(c2ccc3cc(C(=O)Nc4cn5cc(C)nc5c(C)n4)sc3n2)C1. The maximum absolute atomic E-state index is 12.8. The number of anilines is 2. The Balaban J connectivity index is 1.38. The Morgan fingerprint density at radius 3 is 2.87 bits per heavy atom. The monoisotopic (exact) mass is 421 g/mol. The van der Waals surface area contributed by atoms with Crippen LogP contribution in [0.3, 0.4) is 0 Å². The van der Waals surface area contributed by atoms with Gasteiger partial charge < -0.3 is 19.9 Å². The van der Waals surface area contributed by atoms with E-state index in [9.17, 15) is 4.79 Å². The summed E-state index contributed by atoms with van der Waals surface area (Å²) in [5.41, 5.74) is 2.48. The zero-order valence-corrected chi connectivity index (χ0v) is 18.0. The molecule has 1 unspecified atom stereocenters. The van der Waals surface area contributed by atoms with E-state index < -0.39 is 0 Å². The molecule has 2 N–H and O–H groups in total. The maximum Gasteiger partial charge on any atom is 0.267 e. The second-order valence-corrected chi connectivity index (χ2v) is 8.70. The number of carbonyl (C=O) groups is 1. The zero-order chi connectivity index (χ0) is 20.8. The molecule has 0 saturated carbocycles. The molecule has 0 aliphatic carbocycles. The molecule has 1 aliphatic rings. The molecule has 4 aromatic rings. The first kappa shape index (κ1) is 19.0. The van der Waals surface area contributed by atoms with Crippen LogP contribution in [0.1, 0.15) is 27.5 Å². The van der Waals surface area contributed by atoms with Crippen LogP contribution in [0.25, 0.3) is 15.9 Å². The number of thiophene rings is 1. The molecule has 154 valence electrons. The summed E-state index contributed by atoms with van der Waals surface area (Å²) in [5, 5.41) is 7.21. The smallest absolute Gasteiger partial charge is 0.267 e. The van der Waals surface area contributed by atoms with Gasteiger partial charge in [-0.3, -0.25) is 4.79 Å². The standard InChI is InChI=1S/C21H23N7OS/c1-12-9-28-11-17(24-13(2)19(28)23-12)25-20(29)16-8-14-4-5-18(26-21(14)30-16)27-7-6-15(10-27)22-3/h4-5,8-9,11,15,22H,6-7,10H2,1-3H3,(H,25,29). The van der Waals surface area contributed by atoms with Gasteiger partial charge in [0.15, 0.2) is 5.65 Å². The number of imidazole rings is 1. The maximum atomic E-state index is 12.8. The highest BCUT2D eigenvalue weighted by molar-refractivity contribution is 7.20. The fourth-order valence-corrected chi connectivity index (χ4v) is 4.83. The van der Waals surface area contributed by atoms with Gasteiger partial charge in [-0.05, 0) is 45.5 Å². The van der Waals surface area contributed by atoms with Crippen molar-refractivity contribution >= 4 is 44.7 Å². The van der Waals surface area contributed by atoms with Gasteiger partial charge in [-0.15, -0.1) is 11.3 Å². The summed E-state index contributed by atoms with van der Waals surface area (Å²) in [4.78, 5) is 30.3. The molecule has 0 spiro atoms. The van der Waals surface area contributed by atoms with Crippen molar-refractivity contribution in [3.8, 4) is 0 Å². The molecule has 9 heteroatoms. The number of amides is 1. The van der Waals surface area contributed by atoms with E-state index in [1.54, 1.807) is 6.20 Å². The number of likely N-dealkylation sites (N-methyl/N-ethyl adjacent to an activating group) is 1. The summed E-state index contributed by atoms with van der Waals surface area (Å²) in [6.07, 6.45) is 4.82. The van der Waals surface area contributed by atoms with E-state index in [1.807, 2.05) is 49.7 Å². The molecule has 1 saturated heterocycles. The van der Waals surface area contributed by atoms with Gasteiger partial charge in [0, 0.05) is 30.7 Å². The number of aryl methyl sites for hydroxylation is 2. The van der Waals surface area contributed by atoms with Gasteiger partial charge in [-0.2, -0.15) is 0 Å². The lowest BCUT2D eigenvalue weighted by Crippen LogP contribution is -2.29. The quantitative estimate of drug-likeness (QED) is 0.527. The summed E-state index contributed by atoms with van der Waals surface area (Å²) in [5.74, 6) is 1.29. The molecular weight excluding hydrogens is 398 g/mol. The average Bonchev–Trinajstić information content (AvgIpc) is 3.44. The third-order valence-electron chi connectivity index (χ3n) is 5.48. The molecule has 1 aliphatic heterocycles. The Hall–Kier alpha value is -3.04. The van der Waals surface area contributed by atoms with Gasteiger partial charge in [-0.25, -0.2) is 15.0 Å². The summed E-state index contributed by atoms with van der Waals surface area (Å²) in [7, 11) is 2.00. The van der Waals surface area contributed by atoms with Crippen LogP contribution in [0, 0.1) is 13.8 Å². The number of nitrogens with zero attached hydrogens (tertiary/aromatic N) is 5. The lowest BCUT2D eigenvalue weighted by molar-refractivity contribution is 0.103. The molecule has 0 bridgehead atoms. The van der Waals surface area contributed by atoms with Crippen LogP contribution in [0.4, 0.5) is 11.6 Å². The minimum Gasteiger partial charge on any atom is -0.355 e. The lowest BCUT2D eigenvalue weighted by Gasteiger charge is -2.17. The Morgan fingerprint density at radius 2 is 2.07 bits per heavy atom. The summed E-state index contributed by atoms with van der Waals surface area (Å²) in [6.45, 7) is 5.77. The lowest BCUT2D eigenvalue weighted by atomic mass is 10.3. The Kier molecular flexibility index (Phi) is 4.63. The predicted octanol–water partition coefficient (Wildman–Crippen LogP) is 3.01. The number of hydrogen-bond donors (Lipinski definition) is 2. The number of nitrogens with one attached hydrogen (secondary N) is 2. The van der Waals surface area contributed by atoms with Gasteiger partial charge in [0.05, 0.1) is 22.5 Å². The summed E-state index contributed by atoms with van der Waals surface area (Å²) >= 11 is 1.40. The Bertz CT molecular complexity index is 1260. The van der Waals surface area contributed by atoms with E-state index in [2.05, 4.69) is 25.5 Å². The van der Waals surface area contributed by atoms with Gasteiger partial charge in [0.25, 0.3) is 5.91 Å². The summed E-state index contributed by atoms with van der Waals surface area (Å²) in [6, 6.07) is 6.47. The van der Waals surface area contributed by atoms with Crippen molar-refractivity contribution in [1.82, 2.24) is 24.7 Å². The molecule has 30 heavy (non-hydrogen) atoms. The van der Waals surface area contributed by atoms with Crippen LogP contribution in [-0.2, 0) is 0 Å². The van der Waals surface area contributed by atoms with Crippen LogP contribution in [0.2, 0.25) is 0 Å². The van der Waals surface area contributed by atoms with Crippen molar-refractivity contribution in [2.24, 2.45) is 0 Å². The number of hydrogen-bond acceptors (Lipinski definition) is 7. The van der Waals surface area contributed by atoms with Crippen LogP contribution < -0.4 is 15.5 Å². The second kappa shape index (κ2) is 7.33. The molecule has 1 fully saturated rings. The topological polar surface area (TPSA) is 87.5 Å². The van der Waals surface area contributed by atoms with Crippen molar-refractivity contribution in [2.45, 2.75) is 26.3 Å². The molecule has 5 rings (SSSR count). The van der Waals surface area contributed by atoms with Crippen LogP contribution in [-0.4, -0.2) is 51.4 Å². The third-order valence-corrected chi connectivity index (χ3v) is 6.52. The largest absolute Gasteiger partial charge is 0.355 e. The van der Waals surface area contributed by atoms with E-state index in [0.717, 1.165) is 52.6 Å². The normalized spacial score (nSPS) is 16.6. The fraction of sp³-hybridized carbons (Fsp3) is 0.333. The van der Waals surface area contributed by atoms with Crippen molar-refractivity contribution < 1.29 is 4.79 Å². The molecular formula is C21H23N7OS. The third kappa shape index (κ3) is 3.40. The molecule has 1 amide bonds. The second-order valence-electron chi connectivity index (χ2n) is 7.67. The minimum absolute atomic E-state index is 0.181. The number of aromatic nitrogens is 4. The van der Waals surface area contributed by atoms with E-state index in [0.29, 0.717) is 16.7 Å². The summed E-state index contributed by atoms with van der Waals surface area (Å²) < 4.78 is 1.89. The minimum atomic E-state index is -0.181. The molecule has 8 nitrogen and oxygen atoms in total. The van der Waals surface area contributed by atoms with Crippen molar-refractivity contribution in [1.29, 1.82) is 0 Å². The number of carbonyl (C=O) groups excluding carboxylic acids is 1. The van der Waals surface area contributed by atoms with Crippen LogP contribution >= 0.6 is 11.3 Å². The molecule has 4 aromatic heterocycles.